The molecule has 0 amide bonds. The Morgan fingerprint density at radius 3 is 2.69 bits per heavy atom. The summed E-state index contributed by atoms with van der Waals surface area (Å²) in [6, 6.07) is 3.85. The molecule has 1 heterocycles. The fourth-order valence-electron chi connectivity index (χ4n) is 1.21. The highest BCUT2D eigenvalue weighted by atomic mass is 35.5. The number of halogens is 1. The summed E-state index contributed by atoms with van der Waals surface area (Å²) in [5.41, 5.74) is 5.55. The van der Waals surface area contributed by atoms with Gasteiger partial charge in [0.25, 0.3) is 0 Å². The minimum Gasteiger partial charge on any atom is -0.396 e. The van der Waals surface area contributed by atoms with Crippen molar-refractivity contribution < 1.29 is 5.11 Å². The van der Waals surface area contributed by atoms with Crippen molar-refractivity contribution in [1.82, 2.24) is 0 Å². The predicted molar refractivity (Wildman–Crippen MR) is 57.4 cm³/mol. The van der Waals surface area contributed by atoms with Crippen LogP contribution in [0.25, 0.3) is 0 Å². The topological polar surface area (TPSA) is 46.2 Å². The molecule has 1 unspecified atom stereocenters. The van der Waals surface area contributed by atoms with Crippen LogP contribution in [0.3, 0.4) is 0 Å². The molecule has 0 saturated heterocycles. The molecule has 0 aliphatic heterocycles. The molecule has 0 fully saturated rings. The first-order valence-electron chi connectivity index (χ1n) is 4.19. The van der Waals surface area contributed by atoms with Crippen molar-refractivity contribution in [2.45, 2.75) is 18.8 Å². The van der Waals surface area contributed by atoms with Crippen LogP contribution in [-0.4, -0.2) is 18.3 Å². The highest BCUT2D eigenvalue weighted by Crippen LogP contribution is 2.34. The molecule has 4 heteroatoms. The normalized spacial score (nSPS) is 15.7. The number of aliphatic hydroxyl groups is 1. The summed E-state index contributed by atoms with van der Waals surface area (Å²) >= 11 is 7.37. The van der Waals surface area contributed by atoms with E-state index in [4.69, 9.17) is 22.4 Å². The van der Waals surface area contributed by atoms with Crippen LogP contribution >= 0.6 is 22.9 Å². The maximum atomic E-state index is 8.92. The summed E-state index contributed by atoms with van der Waals surface area (Å²) < 4.78 is 0.771. The van der Waals surface area contributed by atoms with E-state index in [0.717, 1.165) is 9.21 Å². The van der Waals surface area contributed by atoms with Crippen LogP contribution in [0.5, 0.6) is 0 Å². The van der Waals surface area contributed by atoms with Gasteiger partial charge in [-0.1, -0.05) is 18.5 Å². The number of nitrogens with two attached hydrogens (primary N) is 1. The van der Waals surface area contributed by atoms with Gasteiger partial charge in [-0.3, -0.25) is 0 Å². The van der Waals surface area contributed by atoms with Crippen LogP contribution in [-0.2, 0) is 5.41 Å². The van der Waals surface area contributed by atoms with Gasteiger partial charge >= 0.3 is 0 Å². The lowest BCUT2D eigenvalue weighted by Gasteiger charge is -2.25. The smallest absolute Gasteiger partial charge is 0.0931 e. The molecular formula is C9H14ClNOS. The molecule has 1 aromatic heterocycles. The van der Waals surface area contributed by atoms with E-state index in [1.54, 1.807) is 0 Å². The third-order valence-electron chi connectivity index (χ3n) is 2.28. The Bertz CT molecular complexity index is 276. The maximum absolute atomic E-state index is 8.92. The Labute approximate surface area is 87.3 Å². The minimum atomic E-state index is -0.132. The third kappa shape index (κ3) is 2.44. The van der Waals surface area contributed by atoms with Gasteiger partial charge in [-0.05, 0) is 18.6 Å². The van der Waals surface area contributed by atoms with Gasteiger partial charge in [-0.25, -0.2) is 0 Å². The highest BCUT2D eigenvalue weighted by Gasteiger charge is 2.25. The van der Waals surface area contributed by atoms with Gasteiger partial charge in [0.15, 0.2) is 0 Å². The molecule has 74 valence electrons. The molecule has 0 aromatic carbocycles. The minimum absolute atomic E-state index is 0.132. The van der Waals surface area contributed by atoms with Crippen LogP contribution in [0.1, 0.15) is 18.2 Å². The Morgan fingerprint density at radius 2 is 2.31 bits per heavy atom. The first-order chi connectivity index (χ1) is 6.12. The van der Waals surface area contributed by atoms with Crippen molar-refractivity contribution in [1.29, 1.82) is 0 Å². The molecule has 0 radical (unpaired) electrons. The number of rotatable bonds is 4. The standard InChI is InChI=1S/C9H14ClNOS/c1-9(6-11,4-5-12)7-2-3-8(10)13-7/h2-3,12H,4-6,11H2,1H3. The van der Waals surface area contributed by atoms with E-state index in [1.165, 1.54) is 11.3 Å². The Morgan fingerprint density at radius 1 is 1.62 bits per heavy atom. The van der Waals surface area contributed by atoms with Gasteiger partial charge in [0.2, 0.25) is 0 Å². The fourth-order valence-corrected chi connectivity index (χ4v) is 2.44. The molecule has 0 aliphatic rings. The van der Waals surface area contributed by atoms with Gasteiger partial charge in [-0.15, -0.1) is 11.3 Å². The van der Waals surface area contributed by atoms with Crippen molar-refractivity contribution in [3.8, 4) is 0 Å². The van der Waals surface area contributed by atoms with Crippen LogP contribution in [0.15, 0.2) is 12.1 Å². The summed E-state index contributed by atoms with van der Waals surface area (Å²) in [7, 11) is 0. The van der Waals surface area contributed by atoms with Crippen LogP contribution in [0.4, 0.5) is 0 Å². The molecule has 1 rings (SSSR count). The Balaban J connectivity index is 2.88. The van der Waals surface area contributed by atoms with E-state index in [2.05, 4.69) is 0 Å². The van der Waals surface area contributed by atoms with Gasteiger partial charge in [-0.2, -0.15) is 0 Å². The van der Waals surface area contributed by atoms with E-state index in [1.807, 2.05) is 19.1 Å². The molecular weight excluding hydrogens is 206 g/mol. The molecule has 0 aliphatic carbocycles. The lowest BCUT2D eigenvalue weighted by atomic mass is 9.86. The van der Waals surface area contributed by atoms with E-state index in [0.29, 0.717) is 13.0 Å². The molecule has 1 atom stereocenters. The van der Waals surface area contributed by atoms with Gasteiger partial charge in [0, 0.05) is 23.4 Å². The molecule has 13 heavy (non-hydrogen) atoms. The molecule has 0 spiro atoms. The van der Waals surface area contributed by atoms with Crippen molar-refractivity contribution in [3.05, 3.63) is 21.3 Å². The zero-order valence-electron chi connectivity index (χ0n) is 7.59. The summed E-state index contributed by atoms with van der Waals surface area (Å²) in [4.78, 5) is 1.15. The zero-order chi connectivity index (χ0) is 9.90. The first kappa shape index (κ1) is 11.0. The number of aliphatic hydroxyl groups excluding tert-OH is 1. The lowest BCUT2D eigenvalue weighted by Crippen LogP contribution is -2.31. The maximum Gasteiger partial charge on any atom is 0.0931 e. The van der Waals surface area contributed by atoms with Crippen molar-refractivity contribution >= 4 is 22.9 Å². The first-order valence-corrected chi connectivity index (χ1v) is 5.38. The molecule has 3 N–H and O–H groups in total. The lowest BCUT2D eigenvalue weighted by molar-refractivity contribution is 0.248. The Hall–Kier alpha value is -0.0900. The summed E-state index contributed by atoms with van der Waals surface area (Å²) in [5, 5.41) is 8.92. The second-order valence-electron chi connectivity index (χ2n) is 3.34. The van der Waals surface area contributed by atoms with Gasteiger partial charge in [0.05, 0.1) is 4.34 Å². The van der Waals surface area contributed by atoms with E-state index < -0.39 is 0 Å². The van der Waals surface area contributed by atoms with E-state index >= 15 is 0 Å². The van der Waals surface area contributed by atoms with E-state index in [9.17, 15) is 0 Å². The average molecular weight is 220 g/mol. The zero-order valence-corrected chi connectivity index (χ0v) is 9.16. The molecule has 2 nitrogen and oxygen atoms in total. The van der Waals surface area contributed by atoms with Crippen LogP contribution in [0, 0.1) is 0 Å². The monoisotopic (exact) mass is 219 g/mol. The van der Waals surface area contributed by atoms with Gasteiger partial charge in [0.1, 0.15) is 0 Å². The summed E-state index contributed by atoms with van der Waals surface area (Å²) in [6.45, 7) is 2.74. The van der Waals surface area contributed by atoms with Gasteiger partial charge < -0.3 is 10.8 Å². The number of hydrogen-bond donors (Lipinski definition) is 2. The second-order valence-corrected chi connectivity index (χ2v) is 5.06. The third-order valence-corrected chi connectivity index (χ3v) is 3.82. The molecule has 1 aromatic rings. The molecule has 0 saturated carbocycles. The fraction of sp³-hybridized carbons (Fsp3) is 0.556. The number of hydrogen-bond acceptors (Lipinski definition) is 3. The van der Waals surface area contributed by atoms with Crippen LogP contribution in [0.2, 0.25) is 4.34 Å². The predicted octanol–water partition coefficient (Wildman–Crippen LogP) is 2.00. The van der Waals surface area contributed by atoms with Crippen molar-refractivity contribution in [3.63, 3.8) is 0 Å². The van der Waals surface area contributed by atoms with Crippen LogP contribution < -0.4 is 5.73 Å². The number of thiophene rings is 1. The largest absolute Gasteiger partial charge is 0.396 e. The SMILES string of the molecule is CC(CN)(CCO)c1ccc(Cl)s1. The molecule has 0 bridgehead atoms. The Kier molecular flexibility index (Phi) is 3.74. The highest BCUT2D eigenvalue weighted by molar-refractivity contribution is 7.16. The van der Waals surface area contributed by atoms with Crippen molar-refractivity contribution in [2.75, 3.05) is 13.2 Å². The summed E-state index contributed by atoms with van der Waals surface area (Å²) in [5.74, 6) is 0. The van der Waals surface area contributed by atoms with Crippen molar-refractivity contribution in [2.24, 2.45) is 5.73 Å². The summed E-state index contributed by atoms with van der Waals surface area (Å²) in [6.07, 6.45) is 0.681. The van der Waals surface area contributed by atoms with E-state index in [-0.39, 0.29) is 12.0 Å². The quantitative estimate of drug-likeness (QED) is 0.814. The second kappa shape index (κ2) is 4.42. The average Bonchev–Trinajstić information content (AvgIpc) is 2.52.